The van der Waals surface area contributed by atoms with Crippen LogP contribution in [0.25, 0.3) is 11.2 Å². The number of aliphatic carboxylic acids is 1. The zero-order chi connectivity index (χ0) is 16.7. The minimum absolute atomic E-state index is 0.274. The number of nitrogens with zero attached hydrogens (tertiary/aromatic N) is 3. The van der Waals surface area contributed by atoms with Gasteiger partial charge in [-0.15, -0.1) is 0 Å². The lowest BCUT2D eigenvalue weighted by atomic mass is 9.90. The average Bonchev–Trinajstić information content (AvgIpc) is 2.74. The third-order valence-electron chi connectivity index (χ3n) is 3.75. The number of H-pyrrole nitrogens is 1. The number of nitrogens with one attached hydrogen (secondary N) is 2. The van der Waals surface area contributed by atoms with Crippen molar-refractivity contribution in [1.29, 1.82) is 0 Å². The molecule has 2 aromatic heterocycles. The van der Waals surface area contributed by atoms with Gasteiger partial charge in [0.05, 0.1) is 5.41 Å². The molecule has 3 N–H and O–H groups in total. The van der Waals surface area contributed by atoms with E-state index in [0.717, 1.165) is 0 Å². The van der Waals surface area contributed by atoms with Crippen LogP contribution in [-0.4, -0.2) is 36.7 Å². The molecule has 2 heterocycles. The molecule has 0 radical (unpaired) electrons. The van der Waals surface area contributed by atoms with Crippen molar-refractivity contribution in [1.82, 2.24) is 19.1 Å². The molecular formula is C13H19N5O4. The fourth-order valence-corrected chi connectivity index (χ4v) is 2.06. The lowest BCUT2D eigenvalue weighted by Crippen LogP contribution is -2.29. The number of hydrogen-bond donors (Lipinski definition) is 3. The molecule has 0 aromatic carbocycles. The van der Waals surface area contributed by atoms with Gasteiger partial charge in [-0.1, -0.05) is 0 Å². The van der Waals surface area contributed by atoms with Crippen LogP contribution in [0.15, 0.2) is 9.59 Å². The molecule has 2 aromatic rings. The minimum Gasteiger partial charge on any atom is -0.481 e. The topological polar surface area (TPSA) is 122 Å². The Morgan fingerprint density at radius 1 is 1.32 bits per heavy atom. The number of rotatable bonds is 5. The molecule has 0 bridgehead atoms. The largest absolute Gasteiger partial charge is 0.481 e. The summed E-state index contributed by atoms with van der Waals surface area (Å²) >= 11 is 0. The summed E-state index contributed by atoms with van der Waals surface area (Å²) in [4.78, 5) is 41.0. The molecule has 0 unspecified atom stereocenters. The van der Waals surface area contributed by atoms with Gasteiger partial charge in [-0.2, -0.15) is 4.98 Å². The van der Waals surface area contributed by atoms with Crippen LogP contribution in [-0.2, 0) is 18.9 Å². The molecule has 0 saturated heterocycles. The van der Waals surface area contributed by atoms with Crippen LogP contribution in [0.5, 0.6) is 0 Å². The van der Waals surface area contributed by atoms with Crippen molar-refractivity contribution >= 4 is 23.1 Å². The van der Waals surface area contributed by atoms with Crippen LogP contribution in [0.1, 0.15) is 20.3 Å². The van der Waals surface area contributed by atoms with Gasteiger partial charge in [0.1, 0.15) is 0 Å². The maximum absolute atomic E-state index is 11.9. The Kier molecular flexibility index (Phi) is 3.82. The molecule has 0 atom stereocenters. The maximum Gasteiger partial charge on any atom is 0.329 e. The van der Waals surface area contributed by atoms with E-state index in [4.69, 9.17) is 5.11 Å². The summed E-state index contributed by atoms with van der Waals surface area (Å²) in [5, 5.41) is 12.1. The van der Waals surface area contributed by atoms with Gasteiger partial charge in [0.15, 0.2) is 11.2 Å². The Morgan fingerprint density at radius 2 is 1.95 bits per heavy atom. The van der Waals surface area contributed by atoms with Crippen molar-refractivity contribution in [3.8, 4) is 0 Å². The van der Waals surface area contributed by atoms with Crippen molar-refractivity contribution < 1.29 is 9.90 Å². The highest BCUT2D eigenvalue weighted by Crippen LogP contribution is 2.21. The van der Waals surface area contributed by atoms with Crippen LogP contribution < -0.4 is 16.6 Å². The number of carbonyl (C=O) groups is 1. The normalized spacial score (nSPS) is 11.8. The summed E-state index contributed by atoms with van der Waals surface area (Å²) in [5.74, 6) is -0.471. The van der Waals surface area contributed by atoms with Crippen molar-refractivity contribution in [2.75, 3.05) is 11.9 Å². The van der Waals surface area contributed by atoms with E-state index in [1.165, 1.54) is 11.6 Å². The molecule has 9 nitrogen and oxygen atoms in total. The number of fused-ring (bicyclic) bond motifs is 1. The highest BCUT2D eigenvalue weighted by atomic mass is 16.4. The van der Waals surface area contributed by atoms with Crippen molar-refractivity contribution in [2.24, 2.45) is 19.5 Å². The predicted molar refractivity (Wildman–Crippen MR) is 81.1 cm³/mol. The second-order valence-corrected chi connectivity index (χ2v) is 5.85. The van der Waals surface area contributed by atoms with Crippen LogP contribution in [0.2, 0.25) is 0 Å². The van der Waals surface area contributed by atoms with Gasteiger partial charge in [-0.25, -0.2) is 4.79 Å². The SMILES string of the molecule is Cn1c(NCCC(C)(C)C(=O)O)nc2c1c(=O)[nH]c(=O)n2C. The Bertz CT molecular complexity index is 842. The highest BCUT2D eigenvalue weighted by Gasteiger charge is 2.26. The maximum atomic E-state index is 11.9. The van der Waals surface area contributed by atoms with Crippen molar-refractivity contribution in [2.45, 2.75) is 20.3 Å². The molecule has 0 spiro atoms. The lowest BCUT2D eigenvalue weighted by molar-refractivity contribution is -0.147. The number of anilines is 1. The smallest absolute Gasteiger partial charge is 0.329 e. The zero-order valence-electron chi connectivity index (χ0n) is 12.9. The molecule has 2 rings (SSSR count). The zero-order valence-corrected chi connectivity index (χ0v) is 12.9. The van der Waals surface area contributed by atoms with Gasteiger partial charge in [0.2, 0.25) is 5.95 Å². The van der Waals surface area contributed by atoms with E-state index < -0.39 is 22.6 Å². The first kappa shape index (κ1) is 15.8. The quantitative estimate of drug-likeness (QED) is 0.707. The van der Waals surface area contributed by atoms with Gasteiger partial charge >= 0.3 is 11.7 Å². The van der Waals surface area contributed by atoms with Crippen LogP contribution >= 0.6 is 0 Å². The summed E-state index contributed by atoms with van der Waals surface area (Å²) in [6.45, 7) is 3.66. The Labute approximate surface area is 125 Å². The van der Waals surface area contributed by atoms with Crippen molar-refractivity contribution in [3.63, 3.8) is 0 Å². The van der Waals surface area contributed by atoms with Crippen molar-refractivity contribution in [3.05, 3.63) is 20.8 Å². The first-order valence-electron chi connectivity index (χ1n) is 6.78. The van der Waals surface area contributed by atoms with E-state index in [9.17, 15) is 14.4 Å². The first-order valence-corrected chi connectivity index (χ1v) is 6.78. The summed E-state index contributed by atoms with van der Waals surface area (Å²) in [6, 6.07) is 0. The fraction of sp³-hybridized carbons (Fsp3) is 0.538. The van der Waals surface area contributed by atoms with Gasteiger partial charge in [0.25, 0.3) is 5.56 Å². The lowest BCUT2D eigenvalue weighted by Gasteiger charge is -2.19. The number of carboxylic acids is 1. The van der Waals surface area contributed by atoms with E-state index >= 15 is 0 Å². The number of imidazole rings is 1. The predicted octanol–water partition coefficient (Wildman–Crippen LogP) is -0.127. The van der Waals surface area contributed by atoms with Crippen LogP contribution in [0.3, 0.4) is 0 Å². The Hall–Kier alpha value is -2.58. The monoisotopic (exact) mass is 309 g/mol. The number of aryl methyl sites for hydroxylation is 2. The molecule has 9 heteroatoms. The molecule has 0 fully saturated rings. The minimum atomic E-state index is -0.877. The second kappa shape index (κ2) is 5.32. The van der Waals surface area contributed by atoms with Gasteiger partial charge in [-0.3, -0.25) is 19.1 Å². The average molecular weight is 309 g/mol. The summed E-state index contributed by atoms with van der Waals surface area (Å²) in [6.07, 6.45) is 0.390. The molecule has 0 aliphatic carbocycles. The first-order chi connectivity index (χ1) is 10.1. The standard InChI is InChI=1S/C13H19N5O4/c1-13(2,10(20)21)5-6-14-11-15-8-7(17(11)3)9(19)16-12(22)18(8)4/h5-6H2,1-4H3,(H,14,15)(H,20,21)(H,16,19,22). The fourth-order valence-electron chi connectivity index (χ4n) is 2.06. The molecule has 120 valence electrons. The number of carboxylic acid groups (broad SMARTS) is 1. The third kappa shape index (κ3) is 2.61. The Balaban J connectivity index is 2.31. The van der Waals surface area contributed by atoms with Crippen LogP contribution in [0.4, 0.5) is 5.95 Å². The second-order valence-electron chi connectivity index (χ2n) is 5.85. The third-order valence-corrected chi connectivity index (χ3v) is 3.75. The molecule has 0 amide bonds. The molecule has 22 heavy (non-hydrogen) atoms. The summed E-state index contributed by atoms with van der Waals surface area (Å²) in [5.41, 5.74) is -1.35. The van der Waals surface area contributed by atoms with Gasteiger partial charge < -0.3 is 15.0 Å². The number of hydrogen-bond acceptors (Lipinski definition) is 5. The number of aromatic amines is 1. The Morgan fingerprint density at radius 3 is 2.55 bits per heavy atom. The van der Waals surface area contributed by atoms with E-state index in [1.54, 1.807) is 25.5 Å². The summed E-state index contributed by atoms with van der Waals surface area (Å²) in [7, 11) is 3.17. The van der Waals surface area contributed by atoms with E-state index in [0.29, 0.717) is 18.9 Å². The van der Waals surface area contributed by atoms with Gasteiger partial charge in [-0.05, 0) is 20.3 Å². The van der Waals surface area contributed by atoms with E-state index in [-0.39, 0.29) is 11.2 Å². The molecule has 0 aliphatic rings. The van der Waals surface area contributed by atoms with Crippen LogP contribution in [0, 0.1) is 5.41 Å². The number of aromatic nitrogens is 4. The summed E-state index contributed by atoms with van der Waals surface area (Å²) < 4.78 is 2.80. The molecule has 0 saturated carbocycles. The van der Waals surface area contributed by atoms with E-state index in [1.807, 2.05) is 0 Å². The highest BCUT2D eigenvalue weighted by molar-refractivity contribution is 5.74. The van der Waals surface area contributed by atoms with E-state index in [2.05, 4.69) is 15.3 Å². The van der Waals surface area contributed by atoms with Gasteiger partial charge in [0, 0.05) is 20.6 Å². The molecular weight excluding hydrogens is 290 g/mol. The molecule has 0 aliphatic heterocycles.